The van der Waals surface area contributed by atoms with Crippen molar-refractivity contribution in [2.45, 2.75) is 12.6 Å². The molecule has 0 radical (unpaired) electrons. The van der Waals surface area contributed by atoms with Gasteiger partial charge in [0.25, 0.3) is 10.2 Å². The summed E-state index contributed by atoms with van der Waals surface area (Å²) < 4.78 is 41.5. The van der Waals surface area contributed by atoms with Crippen LogP contribution in [-0.4, -0.2) is 38.3 Å². The summed E-state index contributed by atoms with van der Waals surface area (Å²) in [7, 11) is -2.26. The van der Waals surface area contributed by atoms with Crippen LogP contribution in [-0.2, 0) is 21.5 Å². The van der Waals surface area contributed by atoms with Gasteiger partial charge in [-0.05, 0) is 23.8 Å². The number of amides is 1. The summed E-state index contributed by atoms with van der Waals surface area (Å²) >= 11 is 5.77. The number of hydrogen-bond acceptors (Lipinski definition) is 3. The number of nitrogens with one attached hydrogen (secondary N) is 1. The molecular formula is C17H17ClFN3O3S. The van der Waals surface area contributed by atoms with Gasteiger partial charge in [-0.25, -0.2) is 4.39 Å². The van der Waals surface area contributed by atoms with E-state index in [1.54, 1.807) is 24.3 Å². The number of carbonyl (C=O) groups excluding carboxylic acids is 1. The number of hydrogen-bond donors (Lipinski definition) is 1. The maximum absolute atomic E-state index is 13.3. The first-order chi connectivity index (χ1) is 12.3. The highest BCUT2D eigenvalue weighted by molar-refractivity contribution is 7.87. The van der Waals surface area contributed by atoms with E-state index in [4.69, 9.17) is 11.6 Å². The zero-order valence-electron chi connectivity index (χ0n) is 13.9. The van der Waals surface area contributed by atoms with E-state index >= 15 is 0 Å². The minimum atomic E-state index is -3.76. The predicted molar refractivity (Wildman–Crippen MR) is 97.5 cm³/mol. The van der Waals surface area contributed by atoms with Crippen LogP contribution in [0.1, 0.15) is 5.56 Å². The number of benzene rings is 2. The van der Waals surface area contributed by atoms with E-state index in [2.05, 4.69) is 4.72 Å². The number of likely N-dealkylation sites (N-methyl/N-ethyl adjacent to an activating group) is 1. The molecule has 1 N–H and O–H groups in total. The van der Waals surface area contributed by atoms with Gasteiger partial charge in [0, 0.05) is 25.8 Å². The first-order valence-electron chi connectivity index (χ1n) is 7.82. The Morgan fingerprint density at radius 3 is 2.65 bits per heavy atom. The number of anilines is 1. The lowest BCUT2D eigenvalue weighted by Gasteiger charge is -2.26. The quantitative estimate of drug-likeness (QED) is 0.859. The van der Waals surface area contributed by atoms with Crippen LogP contribution in [0.15, 0.2) is 48.5 Å². The van der Waals surface area contributed by atoms with Crippen molar-refractivity contribution in [1.29, 1.82) is 0 Å². The van der Waals surface area contributed by atoms with Gasteiger partial charge in [-0.1, -0.05) is 41.9 Å². The van der Waals surface area contributed by atoms with Crippen LogP contribution in [0.25, 0.3) is 0 Å². The first-order valence-corrected chi connectivity index (χ1v) is 9.64. The lowest BCUT2D eigenvalue weighted by molar-refractivity contribution is -0.121. The van der Waals surface area contributed by atoms with E-state index in [9.17, 15) is 17.6 Å². The summed E-state index contributed by atoms with van der Waals surface area (Å²) in [4.78, 5) is 14.1. The average Bonchev–Trinajstić information content (AvgIpc) is 2.92. The fourth-order valence-corrected chi connectivity index (χ4v) is 4.28. The summed E-state index contributed by atoms with van der Waals surface area (Å²) in [6.45, 7) is 0.0395. The van der Waals surface area contributed by atoms with Crippen LogP contribution in [0, 0.1) is 5.82 Å². The monoisotopic (exact) mass is 397 g/mol. The SMILES string of the molecule is CN(C(=O)[C@@H]1CNS(=O)(=O)N1Cc1ccccc1)c1ccc(F)c(Cl)c1. The molecule has 0 aliphatic carbocycles. The van der Waals surface area contributed by atoms with Gasteiger partial charge in [-0.2, -0.15) is 17.4 Å². The second-order valence-corrected chi connectivity index (χ2v) is 8.01. The third-order valence-electron chi connectivity index (χ3n) is 4.20. The van der Waals surface area contributed by atoms with Crippen LogP contribution in [0.2, 0.25) is 5.02 Å². The van der Waals surface area contributed by atoms with E-state index in [0.29, 0.717) is 5.69 Å². The molecule has 26 heavy (non-hydrogen) atoms. The molecule has 1 aliphatic heterocycles. The Morgan fingerprint density at radius 1 is 1.31 bits per heavy atom. The number of nitrogens with zero attached hydrogens (tertiary/aromatic N) is 2. The zero-order chi connectivity index (χ0) is 18.9. The van der Waals surface area contributed by atoms with E-state index in [1.807, 2.05) is 6.07 Å². The van der Waals surface area contributed by atoms with E-state index in [1.165, 1.54) is 24.1 Å². The van der Waals surface area contributed by atoms with Crippen molar-refractivity contribution in [3.05, 3.63) is 64.9 Å². The molecule has 9 heteroatoms. The molecule has 0 bridgehead atoms. The molecule has 0 saturated carbocycles. The zero-order valence-corrected chi connectivity index (χ0v) is 15.5. The third-order valence-corrected chi connectivity index (χ3v) is 6.02. The fraction of sp³-hybridized carbons (Fsp3) is 0.235. The van der Waals surface area contributed by atoms with Crippen molar-refractivity contribution < 1.29 is 17.6 Å². The molecule has 0 aromatic heterocycles. The molecule has 3 rings (SSSR count). The number of carbonyl (C=O) groups is 1. The maximum atomic E-state index is 13.3. The molecule has 2 aromatic rings. The smallest absolute Gasteiger partial charge is 0.280 e. The molecule has 138 valence electrons. The van der Waals surface area contributed by atoms with Crippen LogP contribution in [0.3, 0.4) is 0 Å². The molecule has 0 spiro atoms. The molecule has 1 saturated heterocycles. The summed E-state index contributed by atoms with van der Waals surface area (Å²) in [5, 5.41) is -0.111. The Morgan fingerprint density at radius 2 is 2.00 bits per heavy atom. The molecule has 1 amide bonds. The van der Waals surface area contributed by atoms with Gasteiger partial charge in [0.05, 0.1) is 5.02 Å². The van der Waals surface area contributed by atoms with Gasteiger partial charge >= 0.3 is 0 Å². The number of halogens is 2. The molecular weight excluding hydrogens is 381 g/mol. The normalized spacial score (nSPS) is 19.4. The Balaban J connectivity index is 1.85. The first kappa shape index (κ1) is 18.8. The minimum absolute atomic E-state index is 0.0345. The van der Waals surface area contributed by atoms with Crippen LogP contribution in [0.4, 0.5) is 10.1 Å². The van der Waals surface area contributed by atoms with Crippen molar-refractivity contribution in [1.82, 2.24) is 9.03 Å². The second kappa shape index (κ2) is 7.32. The van der Waals surface area contributed by atoms with E-state index in [-0.39, 0.29) is 18.1 Å². The highest BCUT2D eigenvalue weighted by Gasteiger charge is 2.42. The fourth-order valence-electron chi connectivity index (χ4n) is 2.75. The Labute approximate surface area is 156 Å². The molecule has 0 unspecified atom stereocenters. The summed E-state index contributed by atoms with van der Waals surface area (Å²) in [6, 6.07) is 12.0. The van der Waals surface area contributed by atoms with Gasteiger partial charge in [0.1, 0.15) is 11.9 Å². The van der Waals surface area contributed by atoms with Crippen LogP contribution >= 0.6 is 11.6 Å². The molecule has 1 fully saturated rings. The van der Waals surface area contributed by atoms with E-state index in [0.717, 1.165) is 15.9 Å². The highest BCUT2D eigenvalue weighted by atomic mass is 35.5. The lowest BCUT2D eigenvalue weighted by atomic mass is 10.2. The van der Waals surface area contributed by atoms with Gasteiger partial charge in [0.15, 0.2) is 0 Å². The van der Waals surface area contributed by atoms with Gasteiger partial charge in [-0.3, -0.25) is 4.79 Å². The highest BCUT2D eigenvalue weighted by Crippen LogP contribution is 2.25. The molecule has 1 heterocycles. The van der Waals surface area contributed by atoms with Crippen LogP contribution < -0.4 is 9.62 Å². The average molecular weight is 398 g/mol. The van der Waals surface area contributed by atoms with Crippen molar-refractivity contribution in [2.75, 3.05) is 18.5 Å². The Hall–Kier alpha value is -2.00. The van der Waals surface area contributed by atoms with Gasteiger partial charge < -0.3 is 4.90 Å². The second-order valence-electron chi connectivity index (χ2n) is 5.90. The van der Waals surface area contributed by atoms with Gasteiger partial charge in [0.2, 0.25) is 5.91 Å². The molecule has 1 atom stereocenters. The van der Waals surface area contributed by atoms with E-state index < -0.39 is 28.0 Å². The lowest BCUT2D eigenvalue weighted by Crippen LogP contribution is -2.46. The topological polar surface area (TPSA) is 69.7 Å². The Bertz CT molecular complexity index is 924. The van der Waals surface area contributed by atoms with Crippen molar-refractivity contribution in [3.63, 3.8) is 0 Å². The standard InChI is InChI=1S/C17H17ClFN3O3S/c1-21(13-7-8-15(19)14(18)9-13)17(23)16-10-20-26(24,25)22(16)11-12-5-3-2-4-6-12/h2-9,16,20H,10-11H2,1H3/t16-/m0/s1. The summed E-state index contributed by atoms with van der Waals surface area (Å²) in [5.74, 6) is -1.02. The molecule has 1 aliphatic rings. The maximum Gasteiger partial charge on any atom is 0.280 e. The summed E-state index contributed by atoms with van der Waals surface area (Å²) in [5.41, 5.74) is 1.15. The van der Waals surface area contributed by atoms with Crippen molar-refractivity contribution in [2.24, 2.45) is 0 Å². The van der Waals surface area contributed by atoms with Crippen molar-refractivity contribution >= 4 is 33.4 Å². The van der Waals surface area contributed by atoms with Gasteiger partial charge in [-0.15, -0.1) is 0 Å². The molecule has 6 nitrogen and oxygen atoms in total. The number of rotatable bonds is 4. The Kier molecular flexibility index (Phi) is 5.29. The summed E-state index contributed by atoms with van der Waals surface area (Å²) in [6.07, 6.45) is 0. The molecule has 2 aromatic carbocycles. The largest absolute Gasteiger partial charge is 0.314 e. The predicted octanol–water partition coefficient (Wildman–Crippen LogP) is 2.16. The van der Waals surface area contributed by atoms with Crippen molar-refractivity contribution in [3.8, 4) is 0 Å². The van der Waals surface area contributed by atoms with Crippen LogP contribution in [0.5, 0.6) is 0 Å². The minimum Gasteiger partial charge on any atom is -0.314 e. The third kappa shape index (κ3) is 3.73.